The molecular weight excluding hydrogens is 266 g/mol. The fourth-order valence-electron chi connectivity index (χ4n) is 2.98. The first-order valence-corrected chi connectivity index (χ1v) is 7.23. The largest absolute Gasteiger partial charge is 0.478 e. The Balaban J connectivity index is 1.57. The number of benzene rings is 1. The van der Waals surface area contributed by atoms with Crippen LogP contribution in [0.3, 0.4) is 0 Å². The minimum atomic E-state index is -0.859. The van der Waals surface area contributed by atoms with Crippen LogP contribution in [-0.4, -0.2) is 39.0 Å². The van der Waals surface area contributed by atoms with Gasteiger partial charge in [0.15, 0.2) is 0 Å². The van der Waals surface area contributed by atoms with Gasteiger partial charge in [0.1, 0.15) is 5.82 Å². The highest BCUT2D eigenvalue weighted by atomic mass is 16.4. The third-order valence-corrected chi connectivity index (χ3v) is 4.00. The summed E-state index contributed by atoms with van der Waals surface area (Å²) in [5.74, 6) is 0.732. The number of carboxylic acids is 1. The summed E-state index contributed by atoms with van der Waals surface area (Å²) in [4.78, 5) is 20.8. The number of hydrogen-bond acceptors (Lipinski definition) is 3. The van der Waals surface area contributed by atoms with Crippen molar-refractivity contribution in [2.45, 2.75) is 19.4 Å². The highest BCUT2D eigenvalue weighted by molar-refractivity contribution is 5.87. The normalized spacial score (nSPS) is 19.0. The molecule has 0 radical (unpaired) electrons. The monoisotopic (exact) mass is 285 g/mol. The van der Waals surface area contributed by atoms with Crippen LogP contribution in [0.2, 0.25) is 0 Å². The van der Waals surface area contributed by atoms with Gasteiger partial charge in [-0.05, 0) is 43.0 Å². The molecule has 1 atom stereocenters. The van der Waals surface area contributed by atoms with Crippen molar-refractivity contribution in [1.82, 2.24) is 14.9 Å². The molecule has 1 fully saturated rings. The molecule has 1 saturated heterocycles. The fraction of sp³-hybridized carbons (Fsp3) is 0.375. The van der Waals surface area contributed by atoms with Gasteiger partial charge in [0.2, 0.25) is 0 Å². The van der Waals surface area contributed by atoms with E-state index in [-0.39, 0.29) is 0 Å². The first kappa shape index (κ1) is 13.8. The Labute approximate surface area is 123 Å². The summed E-state index contributed by atoms with van der Waals surface area (Å²) >= 11 is 0. The molecule has 1 aromatic heterocycles. The highest BCUT2D eigenvalue weighted by Crippen LogP contribution is 2.22. The summed E-state index contributed by atoms with van der Waals surface area (Å²) in [5.41, 5.74) is 1.48. The molecule has 0 amide bonds. The quantitative estimate of drug-likeness (QED) is 0.883. The molecule has 0 saturated carbocycles. The van der Waals surface area contributed by atoms with Gasteiger partial charge in [0.25, 0.3) is 0 Å². The standard InChI is InChI=1S/C16H19N3O2/c20-16(21)14-3-1-2-12(9-14)8-13-4-7-19(10-13)11-15-17-5-6-18-15/h1-3,5-6,9,13H,4,7-8,10-11H2,(H,17,18)(H,20,21)/t13-/m0/s1. The van der Waals surface area contributed by atoms with Crippen LogP contribution in [0.25, 0.3) is 0 Å². The van der Waals surface area contributed by atoms with Gasteiger partial charge in [-0.2, -0.15) is 0 Å². The number of likely N-dealkylation sites (tertiary alicyclic amines) is 1. The van der Waals surface area contributed by atoms with Crippen molar-refractivity contribution in [2.24, 2.45) is 5.92 Å². The predicted molar refractivity (Wildman–Crippen MR) is 79.1 cm³/mol. The minimum Gasteiger partial charge on any atom is -0.478 e. The zero-order chi connectivity index (χ0) is 14.7. The Hall–Kier alpha value is -2.14. The second-order valence-corrected chi connectivity index (χ2v) is 5.64. The maximum absolute atomic E-state index is 11.0. The number of aromatic carboxylic acids is 1. The molecule has 3 rings (SSSR count). The van der Waals surface area contributed by atoms with Gasteiger partial charge < -0.3 is 10.1 Å². The molecule has 110 valence electrons. The molecule has 2 aromatic rings. The lowest BCUT2D eigenvalue weighted by Gasteiger charge is -2.14. The Morgan fingerprint density at radius 1 is 1.48 bits per heavy atom. The first-order valence-electron chi connectivity index (χ1n) is 7.23. The Bertz CT molecular complexity index is 610. The molecule has 0 bridgehead atoms. The molecule has 0 unspecified atom stereocenters. The van der Waals surface area contributed by atoms with Crippen LogP contribution in [0.5, 0.6) is 0 Å². The Morgan fingerprint density at radius 3 is 3.14 bits per heavy atom. The lowest BCUT2D eigenvalue weighted by atomic mass is 9.97. The molecule has 1 aliphatic rings. The SMILES string of the molecule is O=C(O)c1cccc(C[C@@H]2CCN(Cc3ncc[nH]3)C2)c1. The predicted octanol–water partition coefficient (Wildman–Crippen LogP) is 2.17. The molecule has 0 spiro atoms. The number of carboxylic acid groups (broad SMARTS) is 1. The smallest absolute Gasteiger partial charge is 0.335 e. The van der Waals surface area contributed by atoms with E-state index in [1.165, 1.54) is 0 Å². The van der Waals surface area contributed by atoms with Crippen LogP contribution in [0.4, 0.5) is 0 Å². The van der Waals surface area contributed by atoms with E-state index in [0.717, 1.165) is 43.9 Å². The van der Waals surface area contributed by atoms with Gasteiger partial charge in [0.05, 0.1) is 12.1 Å². The summed E-state index contributed by atoms with van der Waals surface area (Å²) < 4.78 is 0. The lowest BCUT2D eigenvalue weighted by Crippen LogP contribution is -2.21. The lowest BCUT2D eigenvalue weighted by molar-refractivity contribution is 0.0696. The van der Waals surface area contributed by atoms with Gasteiger partial charge in [0, 0.05) is 18.9 Å². The molecule has 0 aliphatic carbocycles. The average Bonchev–Trinajstić information content (AvgIpc) is 3.12. The number of rotatable bonds is 5. The zero-order valence-electron chi connectivity index (χ0n) is 11.8. The van der Waals surface area contributed by atoms with Gasteiger partial charge in [-0.15, -0.1) is 0 Å². The number of nitrogens with one attached hydrogen (secondary N) is 1. The number of nitrogens with zero attached hydrogens (tertiary/aromatic N) is 2. The van der Waals surface area contributed by atoms with Crippen LogP contribution >= 0.6 is 0 Å². The number of aromatic amines is 1. The van der Waals surface area contributed by atoms with Crippen molar-refractivity contribution in [2.75, 3.05) is 13.1 Å². The van der Waals surface area contributed by atoms with Crippen molar-refractivity contribution in [3.63, 3.8) is 0 Å². The van der Waals surface area contributed by atoms with Crippen LogP contribution < -0.4 is 0 Å². The second-order valence-electron chi connectivity index (χ2n) is 5.64. The van der Waals surface area contributed by atoms with Crippen LogP contribution in [-0.2, 0) is 13.0 Å². The summed E-state index contributed by atoms with van der Waals surface area (Å²) in [6.07, 6.45) is 5.72. The summed E-state index contributed by atoms with van der Waals surface area (Å²) in [5, 5.41) is 9.04. The van der Waals surface area contributed by atoms with E-state index in [0.29, 0.717) is 11.5 Å². The van der Waals surface area contributed by atoms with Gasteiger partial charge in [-0.1, -0.05) is 12.1 Å². The van der Waals surface area contributed by atoms with E-state index in [2.05, 4.69) is 14.9 Å². The summed E-state index contributed by atoms with van der Waals surface area (Å²) in [6, 6.07) is 7.27. The summed E-state index contributed by atoms with van der Waals surface area (Å²) in [6.45, 7) is 2.97. The van der Waals surface area contributed by atoms with Crippen molar-refractivity contribution in [1.29, 1.82) is 0 Å². The highest BCUT2D eigenvalue weighted by Gasteiger charge is 2.23. The second kappa shape index (κ2) is 6.10. The van der Waals surface area contributed by atoms with E-state index in [1.807, 2.05) is 18.3 Å². The maximum Gasteiger partial charge on any atom is 0.335 e. The van der Waals surface area contributed by atoms with E-state index in [1.54, 1.807) is 18.3 Å². The topological polar surface area (TPSA) is 69.2 Å². The molecule has 1 aromatic carbocycles. The van der Waals surface area contributed by atoms with Gasteiger partial charge >= 0.3 is 5.97 Å². The number of hydrogen-bond donors (Lipinski definition) is 2. The first-order chi connectivity index (χ1) is 10.2. The third-order valence-electron chi connectivity index (χ3n) is 4.00. The molecule has 2 N–H and O–H groups in total. The zero-order valence-corrected chi connectivity index (χ0v) is 11.8. The van der Waals surface area contributed by atoms with Crippen LogP contribution in [0.1, 0.15) is 28.2 Å². The van der Waals surface area contributed by atoms with E-state index < -0.39 is 5.97 Å². The number of aromatic nitrogens is 2. The van der Waals surface area contributed by atoms with Crippen molar-refractivity contribution in [3.05, 3.63) is 53.6 Å². The number of H-pyrrole nitrogens is 1. The van der Waals surface area contributed by atoms with Crippen molar-refractivity contribution < 1.29 is 9.90 Å². The molecule has 5 nitrogen and oxygen atoms in total. The third kappa shape index (κ3) is 3.49. The van der Waals surface area contributed by atoms with Gasteiger partial charge in [-0.3, -0.25) is 4.90 Å². The van der Waals surface area contributed by atoms with Crippen LogP contribution in [0, 0.1) is 5.92 Å². The van der Waals surface area contributed by atoms with E-state index in [4.69, 9.17) is 5.11 Å². The Kier molecular flexibility index (Phi) is 4.01. The molecule has 21 heavy (non-hydrogen) atoms. The molecule has 5 heteroatoms. The molecule has 1 aliphatic heterocycles. The van der Waals surface area contributed by atoms with E-state index in [9.17, 15) is 4.79 Å². The van der Waals surface area contributed by atoms with Crippen LogP contribution in [0.15, 0.2) is 36.7 Å². The fourth-order valence-corrected chi connectivity index (χ4v) is 2.98. The number of carbonyl (C=O) groups is 1. The van der Waals surface area contributed by atoms with Crippen molar-refractivity contribution in [3.8, 4) is 0 Å². The van der Waals surface area contributed by atoms with E-state index >= 15 is 0 Å². The number of imidazole rings is 1. The Morgan fingerprint density at radius 2 is 2.38 bits per heavy atom. The minimum absolute atomic E-state index is 0.373. The molecule has 2 heterocycles. The summed E-state index contributed by atoms with van der Waals surface area (Å²) in [7, 11) is 0. The molecular formula is C16H19N3O2. The van der Waals surface area contributed by atoms with Gasteiger partial charge in [-0.25, -0.2) is 9.78 Å². The maximum atomic E-state index is 11.0. The van der Waals surface area contributed by atoms with Crippen molar-refractivity contribution >= 4 is 5.97 Å². The average molecular weight is 285 g/mol.